The lowest BCUT2D eigenvalue weighted by Gasteiger charge is -2.31. The fourth-order valence-corrected chi connectivity index (χ4v) is 2.04. The second kappa shape index (κ2) is 5.50. The number of rotatable bonds is 1. The van der Waals surface area contributed by atoms with E-state index in [9.17, 15) is 9.18 Å². The number of hydrogen-bond donors (Lipinski definition) is 1. The van der Waals surface area contributed by atoms with Crippen molar-refractivity contribution in [3.63, 3.8) is 0 Å². The van der Waals surface area contributed by atoms with Gasteiger partial charge in [-0.15, -0.1) is 0 Å². The minimum Gasteiger partial charge on any atom is -0.309 e. The molecule has 94 valence electrons. The van der Waals surface area contributed by atoms with Crippen LogP contribution in [0.4, 0.5) is 14.9 Å². The SMILES string of the molecule is N#CC1CCCCN1C(=O)Nc1ccc(F)cc1. The van der Waals surface area contributed by atoms with Crippen LogP contribution < -0.4 is 5.32 Å². The van der Waals surface area contributed by atoms with E-state index in [0.717, 1.165) is 12.8 Å². The quantitative estimate of drug-likeness (QED) is 0.829. The molecule has 1 fully saturated rings. The summed E-state index contributed by atoms with van der Waals surface area (Å²) in [6.07, 6.45) is 2.60. The molecule has 0 saturated carbocycles. The molecule has 1 saturated heterocycles. The number of amides is 2. The first-order valence-electron chi connectivity index (χ1n) is 5.93. The Kier molecular flexibility index (Phi) is 3.78. The maximum absolute atomic E-state index is 12.7. The molecule has 0 aromatic heterocycles. The molecule has 1 atom stereocenters. The number of piperidine rings is 1. The normalized spacial score (nSPS) is 19.1. The van der Waals surface area contributed by atoms with Crippen molar-refractivity contribution in [1.29, 1.82) is 5.26 Å². The highest BCUT2D eigenvalue weighted by atomic mass is 19.1. The van der Waals surface area contributed by atoms with Gasteiger partial charge in [-0.25, -0.2) is 9.18 Å². The van der Waals surface area contributed by atoms with Gasteiger partial charge < -0.3 is 10.2 Å². The van der Waals surface area contributed by atoms with Crippen molar-refractivity contribution in [2.45, 2.75) is 25.3 Å². The molecule has 0 spiro atoms. The summed E-state index contributed by atoms with van der Waals surface area (Å²) in [5.41, 5.74) is 0.531. The zero-order chi connectivity index (χ0) is 13.0. The number of halogens is 1. The molecule has 1 N–H and O–H groups in total. The minimum absolute atomic E-state index is 0.298. The van der Waals surface area contributed by atoms with Gasteiger partial charge in [0.15, 0.2) is 0 Å². The average Bonchev–Trinajstić information content (AvgIpc) is 2.41. The Balaban J connectivity index is 2.02. The second-order valence-corrected chi connectivity index (χ2v) is 4.27. The summed E-state index contributed by atoms with van der Waals surface area (Å²) in [6.45, 7) is 0.589. The number of benzene rings is 1. The molecule has 0 radical (unpaired) electrons. The predicted octanol–water partition coefficient (Wildman–Crippen LogP) is 2.74. The van der Waals surface area contributed by atoms with E-state index in [-0.39, 0.29) is 17.9 Å². The largest absolute Gasteiger partial charge is 0.322 e. The summed E-state index contributed by atoms with van der Waals surface area (Å²) in [7, 11) is 0. The minimum atomic E-state index is -0.362. The van der Waals surface area contributed by atoms with Gasteiger partial charge >= 0.3 is 6.03 Å². The highest BCUT2D eigenvalue weighted by molar-refractivity contribution is 5.89. The molecule has 1 aliphatic heterocycles. The monoisotopic (exact) mass is 247 g/mol. The summed E-state index contributed by atoms with van der Waals surface area (Å²) in [6, 6.07) is 7.04. The van der Waals surface area contributed by atoms with Crippen LogP contribution in [0.15, 0.2) is 24.3 Å². The van der Waals surface area contributed by atoms with Crippen LogP contribution in [0.1, 0.15) is 19.3 Å². The maximum atomic E-state index is 12.7. The van der Waals surface area contributed by atoms with Crippen molar-refractivity contribution in [3.05, 3.63) is 30.1 Å². The average molecular weight is 247 g/mol. The lowest BCUT2D eigenvalue weighted by atomic mass is 10.0. The molecule has 1 aromatic carbocycles. The van der Waals surface area contributed by atoms with E-state index in [2.05, 4.69) is 11.4 Å². The van der Waals surface area contributed by atoms with E-state index >= 15 is 0 Å². The highest BCUT2D eigenvalue weighted by Gasteiger charge is 2.26. The third kappa shape index (κ3) is 2.77. The number of anilines is 1. The Morgan fingerprint density at radius 3 is 2.78 bits per heavy atom. The zero-order valence-electron chi connectivity index (χ0n) is 9.90. The molecular weight excluding hydrogens is 233 g/mol. The van der Waals surface area contributed by atoms with E-state index in [4.69, 9.17) is 5.26 Å². The number of likely N-dealkylation sites (tertiary alicyclic amines) is 1. The summed E-state index contributed by atoms with van der Waals surface area (Å²) in [5.74, 6) is -0.346. The molecule has 18 heavy (non-hydrogen) atoms. The zero-order valence-corrected chi connectivity index (χ0v) is 9.90. The third-order valence-corrected chi connectivity index (χ3v) is 3.01. The van der Waals surface area contributed by atoms with Gasteiger partial charge in [0.2, 0.25) is 0 Å². The molecular formula is C13H14FN3O. The Bertz CT molecular complexity index is 466. The number of nitriles is 1. The van der Waals surface area contributed by atoms with Crippen LogP contribution in [0.25, 0.3) is 0 Å². The number of carbonyl (C=O) groups is 1. The summed E-state index contributed by atoms with van der Waals surface area (Å²) < 4.78 is 12.7. The van der Waals surface area contributed by atoms with Crippen molar-refractivity contribution in [1.82, 2.24) is 4.90 Å². The van der Waals surface area contributed by atoms with Gasteiger partial charge in [0.1, 0.15) is 11.9 Å². The van der Waals surface area contributed by atoms with E-state index in [1.54, 1.807) is 0 Å². The molecule has 1 heterocycles. The van der Waals surface area contributed by atoms with Crippen molar-refractivity contribution in [2.24, 2.45) is 0 Å². The molecule has 1 unspecified atom stereocenters. The summed E-state index contributed by atoms with van der Waals surface area (Å²) >= 11 is 0. The van der Waals surface area contributed by atoms with Crippen molar-refractivity contribution in [3.8, 4) is 6.07 Å². The van der Waals surface area contributed by atoms with Gasteiger partial charge in [-0.05, 0) is 43.5 Å². The lowest BCUT2D eigenvalue weighted by Crippen LogP contribution is -2.45. The van der Waals surface area contributed by atoms with Crippen LogP contribution in [0.5, 0.6) is 0 Å². The van der Waals surface area contributed by atoms with Crippen LogP contribution in [0, 0.1) is 17.1 Å². The van der Waals surface area contributed by atoms with Gasteiger partial charge in [0, 0.05) is 12.2 Å². The fourth-order valence-electron chi connectivity index (χ4n) is 2.04. The van der Waals surface area contributed by atoms with Crippen LogP contribution in [-0.4, -0.2) is 23.5 Å². The molecule has 4 nitrogen and oxygen atoms in total. The number of urea groups is 1. The standard InChI is InChI=1S/C13H14FN3O/c14-10-4-6-11(7-5-10)16-13(18)17-8-2-1-3-12(17)9-15/h4-7,12H,1-3,8H2,(H,16,18). The first kappa shape index (κ1) is 12.4. The van der Waals surface area contributed by atoms with E-state index in [1.165, 1.54) is 29.2 Å². The van der Waals surface area contributed by atoms with Crippen LogP contribution in [0.2, 0.25) is 0 Å². The summed E-state index contributed by atoms with van der Waals surface area (Å²) in [4.78, 5) is 13.5. The number of hydrogen-bond acceptors (Lipinski definition) is 2. The first-order valence-corrected chi connectivity index (χ1v) is 5.93. The molecule has 2 amide bonds. The molecule has 1 aromatic rings. The molecule has 0 aliphatic carbocycles. The molecule has 0 bridgehead atoms. The fraction of sp³-hybridized carbons (Fsp3) is 0.385. The second-order valence-electron chi connectivity index (χ2n) is 4.27. The maximum Gasteiger partial charge on any atom is 0.322 e. The van der Waals surface area contributed by atoms with Gasteiger partial charge in [-0.3, -0.25) is 0 Å². The van der Waals surface area contributed by atoms with Crippen LogP contribution >= 0.6 is 0 Å². The Morgan fingerprint density at radius 1 is 1.39 bits per heavy atom. The number of carbonyl (C=O) groups excluding carboxylic acids is 1. The first-order chi connectivity index (χ1) is 8.70. The van der Waals surface area contributed by atoms with Crippen molar-refractivity contribution < 1.29 is 9.18 Å². The summed E-state index contributed by atoms with van der Waals surface area (Å²) in [5, 5.41) is 11.7. The Morgan fingerprint density at radius 2 is 2.11 bits per heavy atom. The van der Waals surface area contributed by atoms with Gasteiger partial charge in [-0.1, -0.05) is 0 Å². The predicted molar refractivity (Wildman–Crippen MR) is 65.4 cm³/mol. The Labute approximate surface area is 105 Å². The third-order valence-electron chi connectivity index (χ3n) is 3.01. The molecule has 2 rings (SSSR count). The van der Waals surface area contributed by atoms with Gasteiger partial charge in [-0.2, -0.15) is 5.26 Å². The van der Waals surface area contributed by atoms with Crippen LogP contribution in [-0.2, 0) is 0 Å². The van der Waals surface area contributed by atoms with Crippen molar-refractivity contribution in [2.75, 3.05) is 11.9 Å². The van der Waals surface area contributed by atoms with E-state index in [0.29, 0.717) is 18.7 Å². The molecule has 5 heteroatoms. The number of nitrogens with one attached hydrogen (secondary N) is 1. The van der Waals surface area contributed by atoms with Gasteiger partial charge in [0.05, 0.1) is 6.07 Å². The Hall–Kier alpha value is -2.09. The molecule has 1 aliphatic rings. The smallest absolute Gasteiger partial charge is 0.309 e. The van der Waals surface area contributed by atoms with Crippen molar-refractivity contribution >= 4 is 11.7 Å². The number of nitrogens with zero attached hydrogens (tertiary/aromatic N) is 2. The van der Waals surface area contributed by atoms with E-state index in [1.807, 2.05) is 0 Å². The van der Waals surface area contributed by atoms with E-state index < -0.39 is 0 Å². The van der Waals surface area contributed by atoms with Crippen LogP contribution in [0.3, 0.4) is 0 Å². The van der Waals surface area contributed by atoms with Gasteiger partial charge in [0.25, 0.3) is 0 Å². The topological polar surface area (TPSA) is 56.1 Å². The lowest BCUT2D eigenvalue weighted by molar-refractivity contribution is 0.182. The highest BCUT2D eigenvalue weighted by Crippen LogP contribution is 2.18.